The van der Waals surface area contributed by atoms with Gasteiger partial charge in [0.15, 0.2) is 0 Å². The van der Waals surface area contributed by atoms with Crippen LogP contribution in [0.1, 0.15) is 31.2 Å². The van der Waals surface area contributed by atoms with Crippen LogP contribution in [-0.4, -0.2) is 50.0 Å². The van der Waals surface area contributed by atoms with Crippen molar-refractivity contribution in [1.29, 1.82) is 0 Å². The summed E-state index contributed by atoms with van der Waals surface area (Å²) >= 11 is 0. The molecule has 43 heavy (non-hydrogen) atoms. The van der Waals surface area contributed by atoms with Crippen molar-refractivity contribution < 1.29 is 9.59 Å². The minimum atomic E-state index is -0.748. The van der Waals surface area contributed by atoms with Crippen molar-refractivity contribution in [3.8, 4) is 22.5 Å². The Morgan fingerprint density at radius 2 is 1.65 bits per heavy atom. The normalized spacial score (nSPS) is 17.3. The average Bonchev–Trinajstić information content (AvgIpc) is 3.60. The Bertz CT molecular complexity index is 1670. The van der Waals surface area contributed by atoms with Crippen LogP contribution in [0.4, 0.5) is 5.69 Å². The van der Waals surface area contributed by atoms with Gasteiger partial charge >= 0.3 is 0 Å². The second-order valence-corrected chi connectivity index (χ2v) is 11.1. The molecule has 0 unspecified atom stereocenters. The van der Waals surface area contributed by atoms with Crippen LogP contribution >= 0.6 is 0 Å². The lowest BCUT2D eigenvalue weighted by Gasteiger charge is -2.28. The average molecular weight is 575 g/mol. The Morgan fingerprint density at radius 1 is 0.907 bits per heavy atom. The molecule has 2 aromatic heterocycles. The van der Waals surface area contributed by atoms with Gasteiger partial charge in [0.1, 0.15) is 6.04 Å². The molecule has 0 spiro atoms. The van der Waals surface area contributed by atoms with Crippen LogP contribution in [0.3, 0.4) is 0 Å². The summed E-state index contributed by atoms with van der Waals surface area (Å²) in [6, 6.07) is 22.7. The molecular formula is C33H34N8O2. The number of hydrogen-bond acceptors (Lipinski definition) is 7. The zero-order chi connectivity index (χ0) is 29.6. The topological polar surface area (TPSA) is 152 Å². The minimum Gasteiger partial charge on any atom is -0.344 e. The molecule has 5 N–H and O–H groups in total. The Labute approximate surface area is 249 Å². The molecule has 5 aromatic rings. The smallest absolute Gasteiger partial charge is 0.247 e. The third kappa shape index (κ3) is 6.60. The predicted molar refractivity (Wildman–Crippen MR) is 166 cm³/mol. The summed E-state index contributed by atoms with van der Waals surface area (Å²) < 4.78 is 0. The highest BCUT2D eigenvalue weighted by atomic mass is 16.2. The number of carbonyl (C=O) groups excluding carboxylic acids is 2. The summed E-state index contributed by atoms with van der Waals surface area (Å²) in [5.74, 6) is 0.456. The van der Waals surface area contributed by atoms with Crippen LogP contribution < -0.4 is 16.4 Å². The van der Waals surface area contributed by atoms with Gasteiger partial charge in [-0.25, -0.2) is 0 Å². The van der Waals surface area contributed by atoms with Crippen LogP contribution in [0, 0.1) is 11.8 Å². The molecule has 0 aliphatic heterocycles. The molecule has 6 rings (SSSR count). The van der Waals surface area contributed by atoms with Gasteiger partial charge in [0.05, 0.1) is 0 Å². The summed E-state index contributed by atoms with van der Waals surface area (Å²) in [6.07, 6.45) is 7.52. The van der Waals surface area contributed by atoms with Crippen LogP contribution in [0.2, 0.25) is 0 Å². The number of nitrogens with two attached hydrogens (primary N) is 1. The number of rotatable bonds is 9. The molecule has 0 saturated heterocycles. The van der Waals surface area contributed by atoms with E-state index in [1.165, 1.54) is 0 Å². The molecule has 1 aliphatic rings. The molecule has 1 saturated carbocycles. The van der Waals surface area contributed by atoms with Gasteiger partial charge in [-0.1, -0.05) is 48.5 Å². The van der Waals surface area contributed by atoms with E-state index in [-0.39, 0.29) is 17.7 Å². The molecule has 10 heteroatoms. The molecule has 10 nitrogen and oxygen atoms in total. The number of benzene rings is 3. The second-order valence-electron chi connectivity index (χ2n) is 11.1. The quantitative estimate of drug-likeness (QED) is 0.202. The maximum absolute atomic E-state index is 13.6. The van der Waals surface area contributed by atoms with E-state index < -0.39 is 6.04 Å². The highest BCUT2D eigenvalue weighted by molar-refractivity contribution is 5.98. The first-order valence-corrected chi connectivity index (χ1v) is 14.6. The van der Waals surface area contributed by atoms with Crippen LogP contribution in [0.15, 0.2) is 85.2 Å². The first kappa shape index (κ1) is 28.2. The number of nitrogens with one attached hydrogen (secondary N) is 3. The second kappa shape index (κ2) is 12.9. The van der Waals surface area contributed by atoms with Gasteiger partial charge in [-0.2, -0.15) is 5.21 Å². The van der Waals surface area contributed by atoms with Crippen LogP contribution in [-0.2, 0) is 16.0 Å². The summed E-state index contributed by atoms with van der Waals surface area (Å²) in [5.41, 5.74) is 10.3. The van der Waals surface area contributed by atoms with Crippen molar-refractivity contribution in [1.82, 2.24) is 30.9 Å². The van der Waals surface area contributed by atoms with E-state index in [1.54, 1.807) is 12.1 Å². The third-order valence-electron chi connectivity index (χ3n) is 8.31. The van der Waals surface area contributed by atoms with E-state index in [2.05, 4.69) is 42.3 Å². The largest absolute Gasteiger partial charge is 0.344 e. The van der Waals surface area contributed by atoms with Crippen molar-refractivity contribution >= 4 is 28.3 Å². The van der Waals surface area contributed by atoms with Crippen molar-refractivity contribution in [3.63, 3.8) is 0 Å². The number of amides is 2. The number of H-pyrrole nitrogens is 1. The number of tetrazole rings is 1. The lowest BCUT2D eigenvalue weighted by molar-refractivity contribution is -0.130. The molecule has 0 bridgehead atoms. The molecule has 3 aromatic carbocycles. The van der Waals surface area contributed by atoms with Crippen molar-refractivity contribution in [2.45, 2.75) is 38.1 Å². The fourth-order valence-electron chi connectivity index (χ4n) is 5.78. The SMILES string of the molecule is NC[C@H]1CC[C@H](C(=O)N[C@@H](Cc2ccc(-c3cncc4ccccc34)cc2)C(=O)Nc2ccc(-c3nn[nH]n3)cc2)CC1. The zero-order valence-electron chi connectivity index (χ0n) is 23.7. The van der Waals surface area contributed by atoms with Crippen LogP contribution in [0.25, 0.3) is 33.3 Å². The lowest BCUT2D eigenvalue weighted by atomic mass is 9.81. The fourth-order valence-corrected chi connectivity index (χ4v) is 5.78. The van der Waals surface area contributed by atoms with Crippen LogP contribution in [0.5, 0.6) is 0 Å². The first-order valence-electron chi connectivity index (χ1n) is 14.6. The summed E-state index contributed by atoms with van der Waals surface area (Å²) in [4.78, 5) is 31.3. The Balaban J connectivity index is 1.19. The Hall–Kier alpha value is -4.96. The zero-order valence-corrected chi connectivity index (χ0v) is 23.7. The molecule has 2 heterocycles. The predicted octanol–water partition coefficient (Wildman–Crippen LogP) is 4.51. The van der Waals surface area contributed by atoms with Crippen molar-refractivity contribution in [3.05, 3.63) is 90.8 Å². The van der Waals surface area contributed by atoms with E-state index in [4.69, 9.17) is 5.73 Å². The number of nitrogens with zero attached hydrogens (tertiary/aromatic N) is 4. The molecule has 0 radical (unpaired) electrons. The van der Waals surface area contributed by atoms with E-state index in [0.29, 0.717) is 30.4 Å². The first-order chi connectivity index (χ1) is 21.1. The van der Waals surface area contributed by atoms with Crippen molar-refractivity contribution in [2.24, 2.45) is 17.6 Å². The molecule has 1 atom stereocenters. The highest BCUT2D eigenvalue weighted by Crippen LogP contribution is 2.30. The summed E-state index contributed by atoms with van der Waals surface area (Å²) in [6.45, 7) is 0.649. The number of aromatic amines is 1. The van der Waals surface area contributed by atoms with E-state index in [0.717, 1.165) is 58.7 Å². The molecule has 1 fully saturated rings. The Kier molecular flexibility index (Phi) is 8.46. The summed E-state index contributed by atoms with van der Waals surface area (Å²) in [5, 5.41) is 22.2. The van der Waals surface area contributed by atoms with E-state index in [9.17, 15) is 9.59 Å². The molecule has 218 valence electrons. The number of pyridine rings is 1. The highest BCUT2D eigenvalue weighted by Gasteiger charge is 2.29. The van der Waals surface area contributed by atoms with Gasteiger partial charge < -0.3 is 16.4 Å². The molecule has 1 aliphatic carbocycles. The van der Waals surface area contributed by atoms with Gasteiger partial charge in [-0.15, -0.1) is 10.2 Å². The third-order valence-corrected chi connectivity index (χ3v) is 8.31. The number of fused-ring (bicyclic) bond motifs is 1. The number of anilines is 1. The maximum atomic E-state index is 13.6. The standard InChI is InChI=1S/C33H34N8O2/c34-18-22-7-11-25(12-8-22)32(42)37-30(33(43)36-27-15-13-24(14-16-27)31-38-40-41-39-31)17-21-5-9-23(10-6-21)29-20-35-19-26-3-1-2-4-28(26)29/h1-6,9-10,13-16,19-20,22,25,30H,7-8,11-12,17-18,34H2,(H,36,43)(H,37,42)(H,38,39,40,41)/t22-,25-,30-/m0/s1. The fraction of sp³-hybridized carbons (Fsp3) is 0.273. The van der Waals surface area contributed by atoms with Gasteiger partial charge in [-0.3, -0.25) is 14.6 Å². The van der Waals surface area contributed by atoms with Gasteiger partial charge in [0, 0.05) is 46.9 Å². The number of hydrogen-bond donors (Lipinski definition) is 4. The van der Waals surface area contributed by atoms with E-state index >= 15 is 0 Å². The molecule has 2 amide bonds. The lowest BCUT2D eigenvalue weighted by Crippen LogP contribution is -2.48. The number of aromatic nitrogens is 5. The summed E-state index contributed by atoms with van der Waals surface area (Å²) in [7, 11) is 0. The number of carbonyl (C=O) groups is 2. The van der Waals surface area contributed by atoms with Gasteiger partial charge in [0.2, 0.25) is 17.6 Å². The maximum Gasteiger partial charge on any atom is 0.247 e. The van der Waals surface area contributed by atoms with Gasteiger partial charge in [-0.05, 0) is 84.1 Å². The van der Waals surface area contributed by atoms with Gasteiger partial charge in [0.25, 0.3) is 0 Å². The Morgan fingerprint density at radius 3 is 2.37 bits per heavy atom. The molecular weight excluding hydrogens is 540 g/mol. The van der Waals surface area contributed by atoms with Crippen molar-refractivity contribution in [2.75, 3.05) is 11.9 Å². The van der Waals surface area contributed by atoms with E-state index in [1.807, 2.05) is 67.0 Å². The monoisotopic (exact) mass is 574 g/mol. The minimum absolute atomic E-state index is 0.0819.